The number of aromatic nitrogens is 4. The molecule has 20 heavy (non-hydrogen) atoms. The predicted octanol–water partition coefficient (Wildman–Crippen LogP) is 0.443. The van der Waals surface area contributed by atoms with E-state index in [1.54, 1.807) is 0 Å². The number of nitrogens with zero attached hydrogens (tertiary/aromatic N) is 5. The summed E-state index contributed by atoms with van der Waals surface area (Å²) in [6.45, 7) is 3.83. The SMILES string of the molecule is CC1(n2nnnc2N2CCC(CS(C)(=O)=O)CC2)CC1. The summed E-state index contributed by atoms with van der Waals surface area (Å²) in [6, 6.07) is 0. The van der Waals surface area contributed by atoms with E-state index < -0.39 is 9.84 Å². The third-order valence-electron chi connectivity index (χ3n) is 4.37. The minimum absolute atomic E-state index is 0.0858. The zero-order chi connectivity index (χ0) is 14.4. The zero-order valence-electron chi connectivity index (χ0n) is 12.0. The molecule has 1 aliphatic heterocycles. The molecule has 7 nitrogen and oxygen atoms in total. The van der Waals surface area contributed by atoms with Gasteiger partial charge in [-0.1, -0.05) is 5.10 Å². The summed E-state index contributed by atoms with van der Waals surface area (Å²) in [6.07, 6.45) is 5.33. The molecule has 8 heteroatoms. The monoisotopic (exact) mass is 299 g/mol. The van der Waals surface area contributed by atoms with Gasteiger partial charge in [0.15, 0.2) is 0 Å². The topological polar surface area (TPSA) is 81.0 Å². The van der Waals surface area contributed by atoms with Crippen molar-refractivity contribution in [1.29, 1.82) is 0 Å². The Morgan fingerprint density at radius 3 is 2.50 bits per heavy atom. The van der Waals surface area contributed by atoms with E-state index in [1.807, 2.05) is 4.68 Å². The van der Waals surface area contributed by atoms with Gasteiger partial charge in [-0.2, -0.15) is 0 Å². The first-order valence-electron chi connectivity index (χ1n) is 7.09. The van der Waals surface area contributed by atoms with Crippen molar-refractivity contribution in [2.45, 2.75) is 38.1 Å². The third-order valence-corrected chi connectivity index (χ3v) is 5.45. The van der Waals surface area contributed by atoms with Gasteiger partial charge in [-0.25, -0.2) is 13.1 Å². The molecule has 2 heterocycles. The van der Waals surface area contributed by atoms with Crippen molar-refractivity contribution in [3.8, 4) is 0 Å². The Balaban J connectivity index is 1.66. The lowest BCUT2D eigenvalue weighted by molar-refractivity contribution is 0.411. The summed E-state index contributed by atoms with van der Waals surface area (Å²) in [5.74, 6) is 1.40. The van der Waals surface area contributed by atoms with Crippen LogP contribution in [0.1, 0.15) is 32.6 Å². The van der Waals surface area contributed by atoms with Gasteiger partial charge in [-0.3, -0.25) is 0 Å². The molecule has 1 saturated carbocycles. The van der Waals surface area contributed by atoms with Crippen LogP contribution in [-0.4, -0.2) is 53.7 Å². The van der Waals surface area contributed by atoms with Gasteiger partial charge >= 0.3 is 0 Å². The number of hydrogen-bond donors (Lipinski definition) is 0. The van der Waals surface area contributed by atoms with E-state index in [0.29, 0.717) is 5.75 Å². The molecule has 0 spiro atoms. The van der Waals surface area contributed by atoms with Crippen molar-refractivity contribution in [1.82, 2.24) is 20.2 Å². The Morgan fingerprint density at radius 2 is 1.95 bits per heavy atom. The molecule has 0 unspecified atom stereocenters. The Hall–Kier alpha value is -1.18. The first kappa shape index (κ1) is 13.8. The van der Waals surface area contributed by atoms with Crippen LogP contribution in [0, 0.1) is 5.92 Å². The quantitative estimate of drug-likeness (QED) is 0.802. The molecule has 2 aliphatic rings. The van der Waals surface area contributed by atoms with Crippen LogP contribution in [0.3, 0.4) is 0 Å². The highest BCUT2D eigenvalue weighted by molar-refractivity contribution is 7.90. The van der Waals surface area contributed by atoms with Crippen molar-refractivity contribution < 1.29 is 8.42 Å². The predicted molar refractivity (Wildman–Crippen MR) is 75.3 cm³/mol. The van der Waals surface area contributed by atoms with E-state index in [2.05, 4.69) is 27.3 Å². The fourth-order valence-electron chi connectivity index (χ4n) is 2.85. The lowest BCUT2D eigenvalue weighted by atomic mass is 9.99. The minimum Gasteiger partial charge on any atom is -0.340 e. The molecule has 1 saturated heterocycles. The molecule has 0 atom stereocenters. The first-order chi connectivity index (χ1) is 9.37. The normalized spacial score (nSPS) is 23.0. The second kappa shape index (κ2) is 4.68. The van der Waals surface area contributed by atoms with Crippen LogP contribution in [-0.2, 0) is 15.4 Å². The molecule has 0 amide bonds. The summed E-state index contributed by atoms with van der Waals surface area (Å²) in [7, 11) is -2.88. The van der Waals surface area contributed by atoms with E-state index in [0.717, 1.165) is 44.7 Å². The number of piperidine rings is 1. The average Bonchev–Trinajstić information content (AvgIpc) is 2.91. The van der Waals surface area contributed by atoms with Crippen molar-refractivity contribution in [2.75, 3.05) is 30.0 Å². The molecule has 3 rings (SSSR count). The Morgan fingerprint density at radius 1 is 1.30 bits per heavy atom. The molecule has 0 bridgehead atoms. The highest BCUT2D eigenvalue weighted by Gasteiger charge is 2.43. The van der Waals surface area contributed by atoms with Gasteiger partial charge in [0.2, 0.25) is 5.95 Å². The lowest BCUT2D eigenvalue weighted by Gasteiger charge is -2.32. The van der Waals surface area contributed by atoms with E-state index in [4.69, 9.17) is 0 Å². The van der Waals surface area contributed by atoms with Gasteiger partial charge in [-0.05, 0) is 49.0 Å². The molecule has 0 aromatic carbocycles. The van der Waals surface area contributed by atoms with Gasteiger partial charge in [0.05, 0.1) is 11.3 Å². The second-order valence-electron chi connectivity index (χ2n) is 6.41. The number of anilines is 1. The first-order valence-corrected chi connectivity index (χ1v) is 9.15. The summed E-state index contributed by atoms with van der Waals surface area (Å²) < 4.78 is 24.6. The average molecular weight is 299 g/mol. The summed E-state index contributed by atoms with van der Waals surface area (Å²) in [5, 5.41) is 12.1. The van der Waals surface area contributed by atoms with Crippen molar-refractivity contribution in [3.63, 3.8) is 0 Å². The van der Waals surface area contributed by atoms with E-state index in [1.165, 1.54) is 6.26 Å². The molecule has 1 aromatic rings. The fourth-order valence-corrected chi connectivity index (χ4v) is 4.04. The van der Waals surface area contributed by atoms with Crippen LogP contribution in [0.5, 0.6) is 0 Å². The molecule has 1 aromatic heterocycles. The van der Waals surface area contributed by atoms with Crippen molar-refractivity contribution in [2.24, 2.45) is 5.92 Å². The molecule has 2 fully saturated rings. The third kappa shape index (κ3) is 2.79. The smallest absolute Gasteiger partial charge is 0.246 e. The highest BCUT2D eigenvalue weighted by Crippen LogP contribution is 2.44. The van der Waals surface area contributed by atoms with E-state index in [-0.39, 0.29) is 11.5 Å². The van der Waals surface area contributed by atoms with Gasteiger partial charge in [0.25, 0.3) is 0 Å². The summed E-state index contributed by atoms with van der Waals surface area (Å²) >= 11 is 0. The molecule has 0 N–H and O–H groups in total. The summed E-state index contributed by atoms with van der Waals surface area (Å²) in [4.78, 5) is 2.18. The van der Waals surface area contributed by atoms with Crippen molar-refractivity contribution >= 4 is 15.8 Å². The maximum Gasteiger partial charge on any atom is 0.246 e. The van der Waals surface area contributed by atoms with E-state index >= 15 is 0 Å². The number of hydrogen-bond acceptors (Lipinski definition) is 6. The number of tetrazole rings is 1. The van der Waals surface area contributed by atoms with Crippen LogP contribution in [0.4, 0.5) is 5.95 Å². The van der Waals surface area contributed by atoms with Gasteiger partial charge in [0, 0.05) is 19.3 Å². The van der Waals surface area contributed by atoms with E-state index in [9.17, 15) is 8.42 Å². The fraction of sp³-hybridized carbons (Fsp3) is 0.917. The maximum absolute atomic E-state index is 11.4. The number of rotatable bonds is 4. The zero-order valence-corrected chi connectivity index (χ0v) is 12.8. The van der Waals surface area contributed by atoms with Gasteiger partial charge < -0.3 is 4.90 Å². The highest BCUT2D eigenvalue weighted by atomic mass is 32.2. The Bertz CT molecular complexity index is 585. The number of sulfone groups is 1. The van der Waals surface area contributed by atoms with Crippen molar-refractivity contribution in [3.05, 3.63) is 0 Å². The van der Waals surface area contributed by atoms with Crippen LogP contribution in [0.15, 0.2) is 0 Å². The van der Waals surface area contributed by atoms with Gasteiger partial charge in [-0.15, -0.1) is 0 Å². The van der Waals surface area contributed by atoms with Crippen LogP contribution in [0.25, 0.3) is 0 Å². The second-order valence-corrected chi connectivity index (χ2v) is 8.60. The van der Waals surface area contributed by atoms with Crippen LogP contribution in [0.2, 0.25) is 0 Å². The minimum atomic E-state index is -2.88. The maximum atomic E-state index is 11.4. The molecular weight excluding hydrogens is 278 g/mol. The molecule has 112 valence electrons. The van der Waals surface area contributed by atoms with Crippen LogP contribution < -0.4 is 4.90 Å². The standard InChI is InChI=1S/C12H21N5O2S/c1-12(5-6-12)17-11(13-14-15-17)16-7-3-10(4-8-16)9-20(2,18)19/h10H,3-9H2,1-2H3. The van der Waals surface area contributed by atoms with Crippen LogP contribution >= 0.6 is 0 Å². The molecule has 1 aliphatic carbocycles. The van der Waals surface area contributed by atoms with Gasteiger partial charge in [0.1, 0.15) is 9.84 Å². The molecular formula is C12H21N5O2S. The Labute approximate surface area is 119 Å². The lowest BCUT2D eigenvalue weighted by Crippen LogP contribution is -2.38. The largest absolute Gasteiger partial charge is 0.340 e. The summed E-state index contributed by atoms with van der Waals surface area (Å²) in [5.41, 5.74) is 0.0858. The Kier molecular flexibility index (Phi) is 3.23. The molecule has 0 radical (unpaired) electrons.